The summed E-state index contributed by atoms with van der Waals surface area (Å²) >= 11 is 0. The quantitative estimate of drug-likeness (QED) is 0.695. The van der Waals surface area contributed by atoms with Crippen molar-refractivity contribution >= 4 is 16.9 Å². The molecule has 27 heavy (non-hydrogen) atoms. The third-order valence-corrected chi connectivity index (χ3v) is 3.58. The van der Waals surface area contributed by atoms with Gasteiger partial charge in [0, 0.05) is 5.39 Å². The van der Waals surface area contributed by atoms with Gasteiger partial charge in [-0.15, -0.1) is 0 Å². The second-order valence-electron chi connectivity index (χ2n) is 5.50. The summed E-state index contributed by atoms with van der Waals surface area (Å²) in [6.07, 6.45) is -4.42. The van der Waals surface area contributed by atoms with Crippen molar-refractivity contribution in [2.75, 3.05) is 13.2 Å². The van der Waals surface area contributed by atoms with Gasteiger partial charge in [0.25, 0.3) is 5.91 Å². The predicted octanol–water partition coefficient (Wildman–Crippen LogP) is 4.26. The molecule has 0 unspecified atom stereocenters. The van der Waals surface area contributed by atoms with Crippen molar-refractivity contribution in [2.24, 2.45) is 0 Å². The Morgan fingerprint density at radius 3 is 2.67 bits per heavy atom. The van der Waals surface area contributed by atoms with Gasteiger partial charge in [0.15, 0.2) is 5.76 Å². The Bertz CT molecular complexity index is 979. The van der Waals surface area contributed by atoms with E-state index >= 15 is 0 Å². The van der Waals surface area contributed by atoms with E-state index < -0.39 is 17.6 Å². The summed E-state index contributed by atoms with van der Waals surface area (Å²) in [5.74, 6) is 5.14. The second-order valence-corrected chi connectivity index (χ2v) is 5.50. The molecule has 1 N–H and O–H groups in total. The second kappa shape index (κ2) is 7.87. The van der Waals surface area contributed by atoms with Crippen LogP contribution in [0.1, 0.15) is 16.1 Å². The van der Waals surface area contributed by atoms with Gasteiger partial charge in [-0.2, -0.15) is 13.2 Å². The Hall–Kier alpha value is -3.40. The molecule has 2 aromatic carbocycles. The molecule has 0 aliphatic heterocycles. The largest absolute Gasteiger partial charge is 0.481 e. The lowest BCUT2D eigenvalue weighted by Crippen LogP contribution is -2.23. The van der Waals surface area contributed by atoms with Crippen LogP contribution in [0.2, 0.25) is 0 Å². The Kier molecular flexibility index (Phi) is 5.36. The number of hydrogen-bond acceptors (Lipinski definition) is 3. The van der Waals surface area contributed by atoms with Crippen LogP contribution < -0.4 is 10.1 Å². The molecule has 0 fully saturated rings. The van der Waals surface area contributed by atoms with E-state index in [0.717, 1.165) is 17.5 Å². The minimum atomic E-state index is -4.42. The van der Waals surface area contributed by atoms with Crippen LogP contribution in [0.5, 0.6) is 5.75 Å². The predicted molar refractivity (Wildman–Crippen MR) is 93.3 cm³/mol. The summed E-state index contributed by atoms with van der Waals surface area (Å²) < 4.78 is 48.4. The zero-order valence-corrected chi connectivity index (χ0v) is 14.0. The number of nitrogens with one attached hydrogen (secondary N) is 1. The van der Waals surface area contributed by atoms with E-state index in [1.54, 1.807) is 12.1 Å². The number of carbonyl (C=O) groups is 1. The third kappa shape index (κ3) is 4.82. The molecule has 4 nitrogen and oxygen atoms in total. The fourth-order valence-electron chi connectivity index (χ4n) is 2.30. The van der Waals surface area contributed by atoms with Crippen molar-refractivity contribution in [1.82, 2.24) is 5.32 Å². The maximum atomic E-state index is 12.6. The number of furan rings is 1. The number of rotatable bonds is 4. The fraction of sp³-hybridized carbons (Fsp3) is 0.150. The van der Waals surface area contributed by atoms with Crippen molar-refractivity contribution in [3.63, 3.8) is 0 Å². The summed E-state index contributed by atoms with van der Waals surface area (Å²) in [6, 6.07) is 13.4. The van der Waals surface area contributed by atoms with Crippen LogP contribution in [0.25, 0.3) is 11.0 Å². The van der Waals surface area contributed by atoms with E-state index in [0.29, 0.717) is 5.58 Å². The van der Waals surface area contributed by atoms with E-state index in [1.165, 1.54) is 12.1 Å². The van der Waals surface area contributed by atoms with E-state index in [1.807, 2.05) is 18.2 Å². The monoisotopic (exact) mass is 373 g/mol. The van der Waals surface area contributed by atoms with E-state index in [-0.39, 0.29) is 24.7 Å². The third-order valence-electron chi connectivity index (χ3n) is 3.58. The first-order valence-corrected chi connectivity index (χ1v) is 7.96. The lowest BCUT2D eigenvalue weighted by atomic mass is 10.2. The zero-order chi connectivity index (χ0) is 19.3. The summed E-state index contributed by atoms with van der Waals surface area (Å²) in [7, 11) is 0. The molecule has 0 aliphatic carbocycles. The number of carbonyl (C=O) groups excluding carboxylic acids is 1. The lowest BCUT2D eigenvalue weighted by Gasteiger charge is -2.08. The average molecular weight is 373 g/mol. The number of alkyl halides is 3. The SMILES string of the molecule is O=C(NCC#CCOc1cccc(C(F)(F)F)c1)c1cc2ccccc2o1. The Balaban J connectivity index is 1.48. The van der Waals surface area contributed by atoms with Crippen LogP contribution in [-0.2, 0) is 6.18 Å². The highest BCUT2D eigenvalue weighted by molar-refractivity contribution is 5.96. The number of para-hydroxylation sites is 1. The topological polar surface area (TPSA) is 51.5 Å². The van der Waals surface area contributed by atoms with Crippen molar-refractivity contribution in [1.29, 1.82) is 0 Å². The van der Waals surface area contributed by atoms with Crippen LogP contribution in [0.4, 0.5) is 13.2 Å². The number of hydrogen-bond donors (Lipinski definition) is 1. The number of halogens is 3. The first kappa shape index (κ1) is 18.4. The highest BCUT2D eigenvalue weighted by atomic mass is 19.4. The van der Waals surface area contributed by atoms with Crippen LogP contribution in [0.3, 0.4) is 0 Å². The Labute approximate surface area is 152 Å². The average Bonchev–Trinajstić information content (AvgIpc) is 3.08. The molecule has 0 radical (unpaired) electrons. The smallest absolute Gasteiger partial charge is 0.416 e. The molecule has 0 saturated carbocycles. The van der Waals surface area contributed by atoms with E-state index in [9.17, 15) is 18.0 Å². The maximum absolute atomic E-state index is 12.6. The molecule has 7 heteroatoms. The van der Waals surface area contributed by atoms with Crippen molar-refractivity contribution in [2.45, 2.75) is 6.18 Å². The standard InChI is InChI=1S/C20H14F3NO3/c21-20(22,23)15-7-5-8-16(13-15)26-11-4-3-10-24-19(25)18-12-14-6-1-2-9-17(14)27-18/h1-2,5-9,12-13H,10-11H2,(H,24,25). The van der Waals surface area contributed by atoms with Crippen molar-refractivity contribution < 1.29 is 27.1 Å². The molecule has 1 heterocycles. The molecular formula is C20H14F3NO3. The minimum absolute atomic E-state index is 0.0574. The van der Waals surface area contributed by atoms with Gasteiger partial charge in [0.1, 0.15) is 17.9 Å². The number of amides is 1. The van der Waals surface area contributed by atoms with Gasteiger partial charge >= 0.3 is 6.18 Å². The Morgan fingerprint density at radius 1 is 1.07 bits per heavy atom. The van der Waals surface area contributed by atoms with Crippen LogP contribution in [0, 0.1) is 11.8 Å². The molecule has 1 amide bonds. The van der Waals surface area contributed by atoms with Gasteiger partial charge in [-0.05, 0) is 30.3 Å². The van der Waals surface area contributed by atoms with Gasteiger partial charge in [-0.25, -0.2) is 0 Å². The molecule has 3 rings (SSSR count). The normalized spacial score (nSPS) is 10.9. The number of benzene rings is 2. The van der Waals surface area contributed by atoms with Gasteiger partial charge in [-0.3, -0.25) is 4.79 Å². The molecule has 0 bridgehead atoms. The molecule has 0 aliphatic rings. The number of ether oxygens (including phenoxy) is 1. The van der Waals surface area contributed by atoms with Gasteiger partial charge in [0.05, 0.1) is 12.1 Å². The molecule has 3 aromatic rings. The van der Waals surface area contributed by atoms with E-state index in [4.69, 9.17) is 9.15 Å². The first-order chi connectivity index (χ1) is 12.9. The lowest BCUT2D eigenvalue weighted by molar-refractivity contribution is -0.137. The molecule has 0 spiro atoms. The fourth-order valence-corrected chi connectivity index (χ4v) is 2.30. The van der Waals surface area contributed by atoms with E-state index in [2.05, 4.69) is 17.2 Å². The first-order valence-electron chi connectivity index (χ1n) is 7.96. The Morgan fingerprint density at radius 2 is 1.89 bits per heavy atom. The highest BCUT2D eigenvalue weighted by Crippen LogP contribution is 2.31. The van der Waals surface area contributed by atoms with Gasteiger partial charge in [-0.1, -0.05) is 36.1 Å². The van der Waals surface area contributed by atoms with Crippen LogP contribution >= 0.6 is 0 Å². The summed E-state index contributed by atoms with van der Waals surface area (Å²) in [6.45, 7) is -0.0380. The molecular weight excluding hydrogens is 359 g/mol. The van der Waals surface area contributed by atoms with Crippen molar-refractivity contribution in [3.05, 3.63) is 65.9 Å². The minimum Gasteiger partial charge on any atom is -0.481 e. The van der Waals surface area contributed by atoms with Crippen molar-refractivity contribution in [3.8, 4) is 17.6 Å². The zero-order valence-electron chi connectivity index (χ0n) is 14.0. The molecule has 1 aromatic heterocycles. The number of fused-ring (bicyclic) bond motifs is 1. The molecule has 0 atom stereocenters. The van der Waals surface area contributed by atoms with Crippen LogP contribution in [-0.4, -0.2) is 19.1 Å². The summed E-state index contributed by atoms with van der Waals surface area (Å²) in [5.41, 5.74) is -0.172. The van der Waals surface area contributed by atoms with Crippen LogP contribution in [0.15, 0.2) is 59.0 Å². The molecule has 138 valence electrons. The maximum Gasteiger partial charge on any atom is 0.416 e. The summed E-state index contributed by atoms with van der Waals surface area (Å²) in [5, 5.41) is 3.40. The highest BCUT2D eigenvalue weighted by Gasteiger charge is 2.30. The molecule has 0 saturated heterocycles. The van der Waals surface area contributed by atoms with Gasteiger partial charge in [0.2, 0.25) is 0 Å². The summed E-state index contributed by atoms with van der Waals surface area (Å²) in [4.78, 5) is 12.0. The van der Waals surface area contributed by atoms with Gasteiger partial charge < -0.3 is 14.5 Å².